The summed E-state index contributed by atoms with van der Waals surface area (Å²) in [6.45, 7) is 13.0. The van der Waals surface area contributed by atoms with Crippen LogP contribution in [0, 0.1) is 0 Å². The summed E-state index contributed by atoms with van der Waals surface area (Å²) >= 11 is 0. The minimum absolute atomic E-state index is 0.313. The average Bonchev–Trinajstić information content (AvgIpc) is 1.78. The minimum atomic E-state index is -0.519. The average molecular weight is 202 g/mol. The fraction of sp³-hybridized carbons (Fsp3) is 0.909. The topological polar surface area (TPSA) is 35.5 Å². The zero-order valence-electron chi connectivity index (χ0n) is 10.3. The Morgan fingerprint density at radius 3 is 1.71 bits per heavy atom. The molecular formula is C11H22O3. The predicted molar refractivity (Wildman–Crippen MR) is 56.1 cm³/mol. The van der Waals surface area contributed by atoms with Gasteiger partial charge in [-0.05, 0) is 48.5 Å². The van der Waals surface area contributed by atoms with Crippen LogP contribution in [0.3, 0.4) is 0 Å². The summed E-state index contributed by atoms with van der Waals surface area (Å²) in [5, 5.41) is 0. The van der Waals surface area contributed by atoms with Crippen molar-refractivity contribution in [1.29, 1.82) is 0 Å². The van der Waals surface area contributed by atoms with Crippen LogP contribution in [0.2, 0.25) is 0 Å². The minimum Gasteiger partial charge on any atom is -0.458 e. The maximum absolute atomic E-state index is 11.5. The van der Waals surface area contributed by atoms with Gasteiger partial charge in [0.2, 0.25) is 0 Å². The van der Waals surface area contributed by atoms with Gasteiger partial charge in [-0.3, -0.25) is 0 Å². The van der Waals surface area contributed by atoms with Crippen LogP contribution < -0.4 is 0 Å². The Morgan fingerprint density at radius 2 is 1.43 bits per heavy atom. The van der Waals surface area contributed by atoms with Gasteiger partial charge >= 0.3 is 5.97 Å². The molecule has 0 aliphatic rings. The molecule has 0 spiro atoms. The third kappa shape index (κ3) is 6.89. The molecule has 0 saturated heterocycles. The quantitative estimate of drug-likeness (QED) is 0.645. The molecule has 0 aromatic carbocycles. The summed E-state index contributed by atoms with van der Waals surface area (Å²) in [7, 11) is 0. The predicted octanol–water partition coefficient (Wildman–Crippen LogP) is 2.53. The van der Waals surface area contributed by atoms with Crippen molar-refractivity contribution in [3.63, 3.8) is 0 Å². The van der Waals surface area contributed by atoms with Gasteiger partial charge in [-0.1, -0.05) is 0 Å². The highest BCUT2D eigenvalue weighted by Gasteiger charge is 2.25. The van der Waals surface area contributed by atoms with Crippen molar-refractivity contribution in [3.05, 3.63) is 0 Å². The Kier molecular flexibility index (Phi) is 4.13. The molecule has 0 unspecified atom stereocenters. The van der Waals surface area contributed by atoms with E-state index in [1.165, 1.54) is 0 Å². The second-order valence-electron chi connectivity index (χ2n) is 5.41. The molecule has 0 aromatic heterocycles. The van der Waals surface area contributed by atoms with E-state index in [4.69, 9.17) is 9.47 Å². The molecule has 0 aliphatic carbocycles. The first kappa shape index (κ1) is 13.4. The highest BCUT2D eigenvalue weighted by molar-refractivity contribution is 5.74. The normalized spacial score (nSPS) is 15.1. The SMILES string of the molecule is C[C@H](OC(C)(C)C)C(=O)OC(C)(C)C. The van der Waals surface area contributed by atoms with Gasteiger partial charge < -0.3 is 9.47 Å². The van der Waals surface area contributed by atoms with E-state index in [0.717, 1.165) is 0 Å². The van der Waals surface area contributed by atoms with Gasteiger partial charge in [-0.25, -0.2) is 4.79 Å². The van der Waals surface area contributed by atoms with Gasteiger partial charge in [0, 0.05) is 0 Å². The molecular weight excluding hydrogens is 180 g/mol. The van der Waals surface area contributed by atoms with Crippen molar-refractivity contribution in [1.82, 2.24) is 0 Å². The first-order chi connectivity index (χ1) is 6.01. The van der Waals surface area contributed by atoms with Crippen LogP contribution in [0.4, 0.5) is 0 Å². The highest BCUT2D eigenvalue weighted by Crippen LogP contribution is 2.14. The molecule has 0 amide bonds. The number of hydrogen-bond acceptors (Lipinski definition) is 3. The number of hydrogen-bond donors (Lipinski definition) is 0. The van der Waals surface area contributed by atoms with Crippen LogP contribution in [0.25, 0.3) is 0 Å². The first-order valence-electron chi connectivity index (χ1n) is 4.92. The van der Waals surface area contributed by atoms with Crippen LogP contribution >= 0.6 is 0 Å². The molecule has 84 valence electrons. The molecule has 0 bridgehead atoms. The summed E-state index contributed by atoms with van der Waals surface area (Å²) in [6, 6.07) is 0. The Labute approximate surface area is 86.8 Å². The van der Waals surface area contributed by atoms with Gasteiger partial charge in [0.15, 0.2) is 6.10 Å². The van der Waals surface area contributed by atoms with Crippen LogP contribution in [0.15, 0.2) is 0 Å². The van der Waals surface area contributed by atoms with Crippen LogP contribution in [0.1, 0.15) is 48.5 Å². The Balaban J connectivity index is 4.15. The van der Waals surface area contributed by atoms with Crippen LogP contribution in [-0.4, -0.2) is 23.3 Å². The zero-order valence-corrected chi connectivity index (χ0v) is 10.3. The highest BCUT2D eigenvalue weighted by atomic mass is 16.6. The van der Waals surface area contributed by atoms with Crippen molar-refractivity contribution in [2.45, 2.75) is 65.8 Å². The molecule has 0 N–H and O–H groups in total. The van der Waals surface area contributed by atoms with Gasteiger partial charge in [0.25, 0.3) is 0 Å². The van der Waals surface area contributed by atoms with Crippen molar-refractivity contribution in [2.75, 3.05) is 0 Å². The molecule has 0 saturated carbocycles. The molecule has 1 atom stereocenters. The van der Waals surface area contributed by atoms with Crippen molar-refractivity contribution in [3.8, 4) is 0 Å². The number of rotatable bonds is 2. The van der Waals surface area contributed by atoms with Gasteiger partial charge in [-0.15, -0.1) is 0 Å². The fourth-order valence-electron chi connectivity index (χ4n) is 0.963. The molecule has 3 nitrogen and oxygen atoms in total. The molecule has 0 rings (SSSR count). The standard InChI is InChI=1S/C11H22O3/c1-8(13-10(2,3)4)9(12)14-11(5,6)7/h8H,1-7H3/t8-/m0/s1. The van der Waals surface area contributed by atoms with Crippen molar-refractivity contribution >= 4 is 5.97 Å². The number of carbonyl (C=O) groups excluding carboxylic acids is 1. The van der Waals surface area contributed by atoms with E-state index in [9.17, 15) is 4.79 Å². The molecule has 14 heavy (non-hydrogen) atoms. The fourth-order valence-corrected chi connectivity index (χ4v) is 0.963. The largest absolute Gasteiger partial charge is 0.458 e. The van der Waals surface area contributed by atoms with Gasteiger partial charge in [-0.2, -0.15) is 0 Å². The summed E-state index contributed by atoms with van der Waals surface area (Å²) < 4.78 is 10.7. The van der Waals surface area contributed by atoms with Gasteiger partial charge in [0.1, 0.15) is 5.60 Å². The molecule has 0 heterocycles. The monoisotopic (exact) mass is 202 g/mol. The third-order valence-electron chi connectivity index (χ3n) is 1.27. The molecule has 0 fully saturated rings. The van der Waals surface area contributed by atoms with E-state index >= 15 is 0 Å². The van der Waals surface area contributed by atoms with Crippen LogP contribution in [0.5, 0.6) is 0 Å². The second kappa shape index (κ2) is 4.30. The lowest BCUT2D eigenvalue weighted by molar-refractivity contribution is -0.175. The third-order valence-corrected chi connectivity index (χ3v) is 1.27. The van der Waals surface area contributed by atoms with E-state index in [1.807, 2.05) is 41.5 Å². The van der Waals surface area contributed by atoms with E-state index in [2.05, 4.69) is 0 Å². The van der Waals surface area contributed by atoms with E-state index in [1.54, 1.807) is 6.92 Å². The second-order valence-corrected chi connectivity index (χ2v) is 5.41. The summed E-state index contributed by atoms with van der Waals surface area (Å²) in [5.41, 5.74) is -0.775. The lowest BCUT2D eigenvalue weighted by atomic mass is 10.1. The van der Waals surface area contributed by atoms with Crippen LogP contribution in [-0.2, 0) is 14.3 Å². The molecule has 0 aromatic rings. The molecule has 0 radical (unpaired) electrons. The maximum Gasteiger partial charge on any atom is 0.335 e. The number of carbonyl (C=O) groups is 1. The van der Waals surface area contributed by atoms with E-state index in [0.29, 0.717) is 0 Å². The smallest absolute Gasteiger partial charge is 0.335 e. The summed E-state index contributed by atoms with van der Waals surface area (Å²) in [5.74, 6) is -0.313. The Morgan fingerprint density at radius 1 is 1.00 bits per heavy atom. The number of ether oxygens (including phenoxy) is 2. The lowest BCUT2D eigenvalue weighted by Gasteiger charge is -2.27. The van der Waals surface area contributed by atoms with E-state index < -0.39 is 11.7 Å². The Hall–Kier alpha value is -0.570. The zero-order chi connectivity index (χ0) is 11.6. The van der Waals surface area contributed by atoms with Crippen molar-refractivity contribution in [2.24, 2.45) is 0 Å². The number of esters is 1. The molecule has 3 heteroatoms. The van der Waals surface area contributed by atoms with Gasteiger partial charge in [0.05, 0.1) is 5.60 Å². The van der Waals surface area contributed by atoms with E-state index in [-0.39, 0.29) is 11.6 Å². The maximum atomic E-state index is 11.5. The molecule has 0 aliphatic heterocycles. The first-order valence-corrected chi connectivity index (χ1v) is 4.92. The van der Waals surface area contributed by atoms with Crippen molar-refractivity contribution < 1.29 is 14.3 Å². The Bertz CT molecular complexity index is 196. The summed E-state index contributed by atoms with van der Waals surface area (Å²) in [6.07, 6.45) is -0.519. The summed E-state index contributed by atoms with van der Waals surface area (Å²) in [4.78, 5) is 11.5. The lowest BCUT2D eigenvalue weighted by Crippen LogP contribution is -2.36.